The van der Waals surface area contributed by atoms with Gasteiger partial charge in [-0.3, -0.25) is 9.59 Å². The van der Waals surface area contributed by atoms with Crippen LogP contribution in [0.4, 0.5) is 17.1 Å². The third-order valence-electron chi connectivity index (χ3n) is 8.09. The minimum absolute atomic E-state index is 0. The zero-order valence-electron chi connectivity index (χ0n) is 27.0. The Morgan fingerprint density at radius 1 is 1.04 bits per heavy atom. The second-order valence-corrected chi connectivity index (χ2v) is 11.7. The number of carbonyl (C=O) groups is 2. The normalized spacial score (nSPS) is 15.2. The Labute approximate surface area is 276 Å². The van der Waals surface area contributed by atoms with Crippen LogP contribution in [0.3, 0.4) is 0 Å². The number of benzene rings is 3. The van der Waals surface area contributed by atoms with Crippen molar-refractivity contribution in [1.82, 2.24) is 0 Å². The van der Waals surface area contributed by atoms with E-state index < -0.39 is 0 Å². The smallest absolute Gasteiger partial charge is 0.248 e. The lowest BCUT2D eigenvalue weighted by Gasteiger charge is -2.38. The van der Waals surface area contributed by atoms with Gasteiger partial charge in [0.2, 0.25) is 11.8 Å². The van der Waals surface area contributed by atoms with Crippen LogP contribution in [0.1, 0.15) is 67.3 Å². The molecule has 0 aliphatic carbocycles. The number of halogens is 1. The number of anilines is 2. The van der Waals surface area contributed by atoms with Crippen molar-refractivity contribution in [3.63, 3.8) is 0 Å². The van der Waals surface area contributed by atoms with E-state index in [0.29, 0.717) is 35.2 Å². The van der Waals surface area contributed by atoms with E-state index in [-0.39, 0.29) is 35.8 Å². The van der Waals surface area contributed by atoms with Gasteiger partial charge in [-0.2, -0.15) is 0 Å². The average Bonchev–Trinajstić information content (AvgIpc) is 2.99. The fraction of sp³-hybridized carbons (Fsp3) is 0.343. The maximum Gasteiger partial charge on any atom is 0.248 e. The number of phenolic OH excluding ortho intramolecular Hbond substituents is 1. The van der Waals surface area contributed by atoms with Gasteiger partial charge in [-0.15, -0.1) is 12.4 Å². The molecule has 1 aliphatic rings. The highest BCUT2D eigenvalue weighted by molar-refractivity contribution is 6.02. The van der Waals surface area contributed by atoms with Gasteiger partial charge < -0.3 is 36.7 Å². The summed E-state index contributed by atoms with van der Waals surface area (Å²) < 4.78 is 12.6. The van der Waals surface area contributed by atoms with Crippen LogP contribution in [0.15, 0.2) is 53.5 Å². The van der Waals surface area contributed by atoms with Gasteiger partial charge in [-0.25, -0.2) is 4.99 Å². The number of fused-ring (bicyclic) bond motifs is 1. The molecule has 0 saturated heterocycles. The molecule has 0 fully saturated rings. The molecule has 0 spiro atoms. The number of unbranched alkanes of at least 4 members (excludes halogenated alkanes) is 1. The summed E-state index contributed by atoms with van der Waals surface area (Å²) in [5, 5.41) is 16.1. The van der Waals surface area contributed by atoms with Crippen molar-refractivity contribution in [2.75, 3.05) is 17.2 Å². The molecule has 1 aliphatic heterocycles. The molecule has 0 aromatic heterocycles. The van der Waals surface area contributed by atoms with Crippen LogP contribution in [0.25, 0.3) is 6.08 Å². The van der Waals surface area contributed by atoms with Gasteiger partial charge >= 0.3 is 0 Å². The van der Waals surface area contributed by atoms with E-state index in [1.54, 1.807) is 48.5 Å². The summed E-state index contributed by atoms with van der Waals surface area (Å²) in [7, 11) is 0. The zero-order valence-corrected chi connectivity index (χ0v) is 27.8. The topological polar surface area (TPSA) is 161 Å². The van der Waals surface area contributed by atoms with Gasteiger partial charge in [0, 0.05) is 24.3 Å². The van der Waals surface area contributed by atoms with Gasteiger partial charge in [0.1, 0.15) is 22.8 Å². The molecule has 3 aromatic rings. The predicted molar refractivity (Wildman–Crippen MR) is 187 cm³/mol. The predicted octanol–water partition coefficient (Wildman–Crippen LogP) is 6.59. The number of carbonyl (C=O) groups excluding carboxylic acids is 2. The largest absolute Gasteiger partial charge is 0.507 e. The number of ether oxygens (including phenoxy) is 2. The van der Waals surface area contributed by atoms with E-state index in [1.807, 2.05) is 20.8 Å². The summed E-state index contributed by atoms with van der Waals surface area (Å²) in [6.45, 7) is 9.92. The number of hydrogen-bond acceptors (Lipinski definition) is 6. The fourth-order valence-corrected chi connectivity index (χ4v) is 5.44. The second kappa shape index (κ2) is 15.5. The minimum Gasteiger partial charge on any atom is -0.507 e. The average molecular weight is 650 g/mol. The third-order valence-corrected chi connectivity index (χ3v) is 8.09. The van der Waals surface area contributed by atoms with Crippen LogP contribution in [0, 0.1) is 20.8 Å². The number of nitrogens with one attached hydrogen (secondary N) is 2. The lowest BCUT2D eigenvalue weighted by Crippen LogP contribution is -2.37. The first-order valence-electron chi connectivity index (χ1n) is 15.1. The molecular weight excluding hydrogens is 606 g/mol. The third kappa shape index (κ3) is 9.17. The van der Waals surface area contributed by atoms with Crippen LogP contribution in [0.5, 0.6) is 17.2 Å². The summed E-state index contributed by atoms with van der Waals surface area (Å²) in [5.74, 6) is 1.20. The van der Waals surface area contributed by atoms with E-state index in [9.17, 15) is 14.7 Å². The van der Waals surface area contributed by atoms with E-state index in [2.05, 4.69) is 22.5 Å². The van der Waals surface area contributed by atoms with Crippen LogP contribution in [-0.2, 0) is 16.0 Å². The fourth-order valence-electron chi connectivity index (χ4n) is 5.44. The number of guanidine groups is 1. The molecule has 10 nitrogen and oxygen atoms in total. The lowest BCUT2D eigenvalue weighted by molar-refractivity contribution is -0.114. The van der Waals surface area contributed by atoms with Crippen molar-refractivity contribution >= 4 is 53.3 Å². The summed E-state index contributed by atoms with van der Waals surface area (Å²) in [6, 6.07) is 12.2. The lowest BCUT2D eigenvalue weighted by atomic mass is 9.85. The number of aliphatic imine (C=N–C) groups is 1. The van der Waals surface area contributed by atoms with Crippen LogP contribution in [0.2, 0.25) is 0 Å². The Balaban J connectivity index is 0.00000576. The molecule has 0 radical (unpaired) electrons. The molecule has 3 aromatic carbocycles. The maximum atomic E-state index is 12.6. The van der Waals surface area contributed by atoms with Gasteiger partial charge in [0.15, 0.2) is 5.96 Å². The molecule has 0 bridgehead atoms. The van der Waals surface area contributed by atoms with Crippen LogP contribution in [-0.4, -0.2) is 35.1 Å². The molecule has 4 rings (SSSR count). The first-order valence-corrected chi connectivity index (χ1v) is 15.1. The van der Waals surface area contributed by atoms with Gasteiger partial charge in [0.05, 0.1) is 18.0 Å². The Hall–Kier alpha value is -4.70. The highest BCUT2D eigenvalue weighted by Gasteiger charge is 2.34. The Morgan fingerprint density at radius 2 is 1.76 bits per heavy atom. The van der Waals surface area contributed by atoms with Crippen LogP contribution < -0.4 is 31.6 Å². The van der Waals surface area contributed by atoms with Gasteiger partial charge in [-0.1, -0.05) is 12.1 Å². The highest BCUT2D eigenvalue weighted by Crippen LogP contribution is 2.44. The van der Waals surface area contributed by atoms with Crippen molar-refractivity contribution in [3.8, 4) is 17.2 Å². The summed E-state index contributed by atoms with van der Waals surface area (Å²) in [5.41, 5.74) is 16.8. The number of hydrogen-bond donors (Lipinski definition) is 5. The molecule has 0 saturated carbocycles. The molecule has 1 heterocycles. The van der Waals surface area contributed by atoms with Crippen LogP contribution >= 0.6 is 12.4 Å². The molecule has 1 atom stereocenters. The number of phenols is 1. The maximum absolute atomic E-state index is 12.6. The van der Waals surface area contributed by atoms with Gasteiger partial charge in [0.25, 0.3) is 0 Å². The SMILES string of the molecule is CC(=O)Nc1cc(NC(=O)/C=C/c2ccc(N=C(N)N)cc2)ccc1OCCCCC1(C)CCc2c(C)c(O)c(C)c(C)c2O1.Cl. The standard InChI is InChI=1S/C35H43N5O5.ClH/c1-21-22(2)33-28(23(3)32(21)43)16-18-35(5,45-33)17-6-7-19-44-30-14-13-27(20-29(30)38-24(4)41)39-31(42)15-10-25-8-11-26(12-9-25)40-34(36)37;/h8-15,20,43H,6-7,16-19H2,1-5H3,(H,38,41)(H,39,42)(H4,36,37,40);1H/b15-10+;. The van der Waals surface area contributed by atoms with Crippen molar-refractivity contribution < 1.29 is 24.2 Å². The van der Waals surface area contributed by atoms with E-state index in [1.165, 1.54) is 13.0 Å². The molecule has 7 N–H and O–H groups in total. The van der Waals surface area contributed by atoms with Crippen molar-refractivity contribution in [2.45, 2.75) is 72.3 Å². The van der Waals surface area contributed by atoms with Crippen molar-refractivity contribution in [3.05, 3.63) is 76.4 Å². The molecule has 46 heavy (non-hydrogen) atoms. The number of aromatic hydroxyl groups is 1. The first-order chi connectivity index (χ1) is 21.3. The number of nitrogens with two attached hydrogens (primary N) is 2. The summed E-state index contributed by atoms with van der Waals surface area (Å²) in [4.78, 5) is 28.4. The molecular formula is C35H44ClN5O5. The number of rotatable bonds is 11. The Morgan fingerprint density at radius 3 is 2.43 bits per heavy atom. The highest BCUT2D eigenvalue weighted by atomic mass is 35.5. The minimum atomic E-state index is -0.330. The Bertz CT molecular complexity index is 1630. The molecule has 2 amide bonds. The zero-order chi connectivity index (χ0) is 32.7. The van der Waals surface area contributed by atoms with Crippen molar-refractivity contribution in [2.24, 2.45) is 16.5 Å². The number of amides is 2. The van der Waals surface area contributed by atoms with E-state index in [0.717, 1.165) is 65.7 Å². The quantitative estimate of drug-likeness (QED) is 0.0678. The summed E-state index contributed by atoms with van der Waals surface area (Å²) >= 11 is 0. The van der Waals surface area contributed by atoms with Gasteiger partial charge in [-0.05, 0) is 118 Å². The van der Waals surface area contributed by atoms with E-state index in [4.69, 9.17) is 20.9 Å². The monoisotopic (exact) mass is 649 g/mol. The molecule has 1 unspecified atom stereocenters. The molecule has 246 valence electrons. The summed E-state index contributed by atoms with van der Waals surface area (Å²) in [6.07, 6.45) is 7.40. The molecule has 11 heteroatoms. The first kappa shape index (κ1) is 35.8. The second-order valence-electron chi connectivity index (χ2n) is 11.7. The van der Waals surface area contributed by atoms with E-state index >= 15 is 0 Å². The van der Waals surface area contributed by atoms with Crippen molar-refractivity contribution in [1.29, 1.82) is 0 Å². The number of nitrogens with zero attached hydrogens (tertiary/aromatic N) is 1. The Kier molecular flexibility index (Phi) is 12.1.